The average Bonchev–Trinajstić information content (AvgIpc) is 2.48. The molecule has 0 radical (unpaired) electrons. The average molecular weight is 293 g/mol. The first kappa shape index (κ1) is 14.9. The van der Waals surface area contributed by atoms with Crippen molar-refractivity contribution in [1.29, 1.82) is 5.26 Å². The van der Waals surface area contributed by atoms with Gasteiger partial charge < -0.3 is 9.84 Å². The summed E-state index contributed by atoms with van der Waals surface area (Å²) in [6, 6.07) is 8.33. The number of aliphatic hydroxyl groups is 1. The molecule has 21 heavy (non-hydrogen) atoms. The Morgan fingerprint density at radius 1 is 1.05 bits per heavy atom. The SMILES string of the molecule is N#Cc1ccc(OCC(O)c2ccc(F)c(F)c2)c(F)c1. The number of nitrogens with zero attached hydrogens (tertiary/aromatic N) is 1. The van der Waals surface area contributed by atoms with Gasteiger partial charge in [-0.3, -0.25) is 0 Å². The highest BCUT2D eigenvalue weighted by Crippen LogP contribution is 2.21. The third-order valence-corrected chi connectivity index (χ3v) is 2.79. The van der Waals surface area contributed by atoms with Gasteiger partial charge in [-0.1, -0.05) is 6.07 Å². The van der Waals surface area contributed by atoms with Gasteiger partial charge in [-0.25, -0.2) is 13.2 Å². The summed E-state index contributed by atoms with van der Waals surface area (Å²) in [5.41, 5.74) is 0.254. The Morgan fingerprint density at radius 3 is 2.43 bits per heavy atom. The number of aliphatic hydroxyl groups excluding tert-OH is 1. The van der Waals surface area contributed by atoms with E-state index in [0.29, 0.717) is 0 Å². The highest BCUT2D eigenvalue weighted by atomic mass is 19.2. The van der Waals surface area contributed by atoms with Gasteiger partial charge in [0.25, 0.3) is 0 Å². The molecule has 0 amide bonds. The van der Waals surface area contributed by atoms with Gasteiger partial charge in [0.05, 0.1) is 11.6 Å². The van der Waals surface area contributed by atoms with Crippen LogP contribution in [0.1, 0.15) is 17.2 Å². The number of halogens is 3. The molecule has 6 heteroatoms. The van der Waals surface area contributed by atoms with Crippen LogP contribution in [0.15, 0.2) is 36.4 Å². The van der Waals surface area contributed by atoms with Gasteiger partial charge in [0, 0.05) is 0 Å². The van der Waals surface area contributed by atoms with Gasteiger partial charge in [-0.05, 0) is 35.9 Å². The lowest BCUT2D eigenvalue weighted by molar-refractivity contribution is 0.105. The Balaban J connectivity index is 2.05. The highest BCUT2D eigenvalue weighted by molar-refractivity contribution is 5.36. The lowest BCUT2D eigenvalue weighted by Crippen LogP contribution is -2.11. The predicted octanol–water partition coefficient (Wildman–Crippen LogP) is 3.09. The maximum absolute atomic E-state index is 13.5. The van der Waals surface area contributed by atoms with Crippen LogP contribution in [0.4, 0.5) is 13.2 Å². The molecule has 2 aromatic rings. The Hall–Kier alpha value is -2.52. The highest BCUT2D eigenvalue weighted by Gasteiger charge is 2.13. The summed E-state index contributed by atoms with van der Waals surface area (Å²) in [5.74, 6) is -3.00. The molecule has 0 saturated heterocycles. The van der Waals surface area contributed by atoms with Crippen LogP contribution in [0.5, 0.6) is 5.75 Å². The molecule has 0 bridgehead atoms. The van der Waals surface area contributed by atoms with Crippen LogP contribution in [-0.2, 0) is 0 Å². The predicted molar refractivity (Wildman–Crippen MR) is 67.9 cm³/mol. The van der Waals surface area contributed by atoms with Crippen LogP contribution in [-0.4, -0.2) is 11.7 Å². The smallest absolute Gasteiger partial charge is 0.166 e. The van der Waals surface area contributed by atoms with E-state index in [9.17, 15) is 18.3 Å². The van der Waals surface area contributed by atoms with Crippen LogP contribution >= 0.6 is 0 Å². The molecule has 0 aliphatic heterocycles. The van der Waals surface area contributed by atoms with E-state index in [2.05, 4.69) is 0 Å². The molecule has 0 heterocycles. The minimum absolute atomic E-state index is 0.114. The standard InChI is InChI=1S/C15H10F3NO2/c16-11-3-2-10(6-12(11)17)14(20)8-21-15-4-1-9(7-19)5-13(15)18/h1-6,14,20H,8H2. The molecule has 0 fully saturated rings. The summed E-state index contributed by atoms with van der Waals surface area (Å²) in [6.45, 7) is -0.339. The zero-order valence-corrected chi connectivity index (χ0v) is 10.7. The molecule has 3 nitrogen and oxygen atoms in total. The maximum atomic E-state index is 13.5. The number of benzene rings is 2. The van der Waals surface area contributed by atoms with E-state index in [1.165, 1.54) is 18.2 Å². The maximum Gasteiger partial charge on any atom is 0.166 e. The largest absolute Gasteiger partial charge is 0.487 e. The molecule has 2 aromatic carbocycles. The van der Waals surface area contributed by atoms with Crippen molar-refractivity contribution in [2.24, 2.45) is 0 Å². The van der Waals surface area contributed by atoms with Crippen LogP contribution < -0.4 is 4.74 Å². The van der Waals surface area contributed by atoms with E-state index in [4.69, 9.17) is 10.00 Å². The third kappa shape index (κ3) is 3.52. The van der Waals surface area contributed by atoms with Crippen molar-refractivity contribution in [3.05, 3.63) is 65.0 Å². The first-order valence-corrected chi connectivity index (χ1v) is 5.96. The molecule has 0 saturated carbocycles. The van der Waals surface area contributed by atoms with E-state index < -0.39 is 23.6 Å². The van der Waals surface area contributed by atoms with E-state index >= 15 is 0 Å². The van der Waals surface area contributed by atoms with Gasteiger partial charge in [0.1, 0.15) is 12.7 Å². The van der Waals surface area contributed by atoms with Gasteiger partial charge >= 0.3 is 0 Å². The summed E-state index contributed by atoms with van der Waals surface area (Å²) >= 11 is 0. The van der Waals surface area contributed by atoms with Crippen molar-refractivity contribution >= 4 is 0 Å². The zero-order chi connectivity index (χ0) is 15.4. The summed E-state index contributed by atoms with van der Waals surface area (Å²) in [6.07, 6.45) is -1.24. The van der Waals surface area contributed by atoms with E-state index in [0.717, 1.165) is 18.2 Å². The Morgan fingerprint density at radius 2 is 1.81 bits per heavy atom. The fourth-order valence-corrected chi connectivity index (χ4v) is 1.67. The second-order valence-electron chi connectivity index (χ2n) is 4.26. The number of hydrogen-bond donors (Lipinski definition) is 1. The van der Waals surface area contributed by atoms with Gasteiger partial charge in [0.2, 0.25) is 0 Å². The van der Waals surface area contributed by atoms with E-state index in [-0.39, 0.29) is 23.5 Å². The van der Waals surface area contributed by atoms with Crippen LogP contribution in [0, 0.1) is 28.8 Å². The summed E-state index contributed by atoms with van der Waals surface area (Å²) < 4.78 is 44.4. The van der Waals surface area contributed by atoms with Crippen molar-refractivity contribution in [2.75, 3.05) is 6.61 Å². The molecule has 1 atom stereocenters. The molecule has 0 aromatic heterocycles. The number of nitriles is 1. The number of ether oxygens (including phenoxy) is 1. The molecular formula is C15H10F3NO2. The van der Waals surface area contributed by atoms with Crippen molar-refractivity contribution in [1.82, 2.24) is 0 Å². The van der Waals surface area contributed by atoms with E-state index in [1.807, 2.05) is 0 Å². The fraction of sp³-hybridized carbons (Fsp3) is 0.133. The molecule has 0 spiro atoms. The summed E-state index contributed by atoms with van der Waals surface area (Å²) in [7, 11) is 0. The number of hydrogen-bond acceptors (Lipinski definition) is 3. The topological polar surface area (TPSA) is 53.2 Å². The Kier molecular flexibility index (Phi) is 4.45. The molecular weight excluding hydrogens is 283 g/mol. The molecule has 0 aliphatic carbocycles. The fourth-order valence-electron chi connectivity index (χ4n) is 1.67. The summed E-state index contributed by atoms with van der Waals surface area (Å²) in [4.78, 5) is 0. The first-order valence-electron chi connectivity index (χ1n) is 5.96. The van der Waals surface area contributed by atoms with Crippen molar-refractivity contribution in [3.8, 4) is 11.8 Å². The lowest BCUT2D eigenvalue weighted by atomic mass is 10.1. The molecule has 1 N–H and O–H groups in total. The minimum Gasteiger partial charge on any atom is -0.487 e. The Labute approximate surface area is 118 Å². The minimum atomic E-state index is -1.24. The molecule has 2 rings (SSSR count). The number of rotatable bonds is 4. The monoisotopic (exact) mass is 293 g/mol. The van der Waals surface area contributed by atoms with Crippen molar-refractivity contribution in [2.45, 2.75) is 6.10 Å². The summed E-state index contributed by atoms with van der Waals surface area (Å²) in [5, 5.41) is 18.4. The molecule has 1 unspecified atom stereocenters. The third-order valence-electron chi connectivity index (χ3n) is 2.79. The van der Waals surface area contributed by atoms with Crippen molar-refractivity contribution in [3.63, 3.8) is 0 Å². The first-order chi connectivity index (χ1) is 10.0. The van der Waals surface area contributed by atoms with Crippen molar-refractivity contribution < 1.29 is 23.0 Å². The quantitative estimate of drug-likeness (QED) is 0.942. The van der Waals surface area contributed by atoms with E-state index in [1.54, 1.807) is 6.07 Å². The van der Waals surface area contributed by atoms with Gasteiger partial charge in [-0.2, -0.15) is 5.26 Å². The van der Waals surface area contributed by atoms with Gasteiger partial charge in [-0.15, -0.1) is 0 Å². The normalized spacial score (nSPS) is 11.8. The van der Waals surface area contributed by atoms with Gasteiger partial charge in [0.15, 0.2) is 23.2 Å². The zero-order valence-electron chi connectivity index (χ0n) is 10.7. The van der Waals surface area contributed by atoms with Crippen LogP contribution in [0.25, 0.3) is 0 Å². The Bertz CT molecular complexity index is 698. The second-order valence-corrected chi connectivity index (χ2v) is 4.26. The second kappa shape index (κ2) is 6.29. The molecule has 0 aliphatic rings. The molecule has 108 valence electrons. The van der Waals surface area contributed by atoms with Crippen LogP contribution in [0.2, 0.25) is 0 Å². The lowest BCUT2D eigenvalue weighted by Gasteiger charge is -2.13. The van der Waals surface area contributed by atoms with Crippen LogP contribution in [0.3, 0.4) is 0 Å².